The van der Waals surface area contributed by atoms with E-state index in [2.05, 4.69) is 25.0 Å². The lowest BCUT2D eigenvalue weighted by atomic mass is 9.85. The monoisotopic (exact) mass is 1030 g/mol. The average molecular weight is 1030 g/mol. The Morgan fingerprint density at radius 3 is 1.77 bits per heavy atom. The molecule has 1 unspecified atom stereocenters. The number of aliphatic hydroxyl groups is 2. The molecule has 6 N–H and O–H groups in total. The number of carbonyl (C=O) groups is 2. The number of halogens is 4. The van der Waals surface area contributed by atoms with E-state index in [9.17, 15) is 36.6 Å². The second kappa shape index (κ2) is 26.7. The van der Waals surface area contributed by atoms with Gasteiger partial charge in [0.05, 0.1) is 57.8 Å². The second-order valence-electron chi connectivity index (χ2n) is 14.9. The highest BCUT2D eigenvalue weighted by Gasteiger charge is 2.30. The van der Waals surface area contributed by atoms with Gasteiger partial charge >= 0.3 is 0 Å². The van der Waals surface area contributed by atoms with E-state index < -0.39 is 44.3 Å². The van der Waals surface area contributed by atoms with Crippen molar-refractivity contribution in [1.82, 2.24) is 29.3 Å². The smallest absolute Gasteiger partial charge is 0.279 e. The number of aryl methyl sites for hydroxylation is 1. The fourth-order valence-electron chi connectivity index (χ4n) is 6.57. The number of nitrogens with one attached hydrogen (secondary N) is 4. The summed E-state index contributed by atoms with van der Waals surface area (Å²) in [6, 6.07) is 13.6. The number of sulfonamides is 1. The molecule has 0 spiro atoms. The summed E-state index contributed by atoms with van der Waals surface area (Å²) in [7, 11) is -4.19. The number of likely N-dealkylation sites (N-methyl/N-ethyl adjacent to an activating group) is 1. The minimum atomic E-state index is -3.82. The van der Waals surface area contributed by atoms with Gasteiger partial charge < -0.3 is 44.7 Å². The zero-order valence-electron chi connectivity index (χ0n) is 36.2. The quantitative estimate of drug-likeness (QED) is 0.0575. The maximum absolute atomic E-state index is 12.9. The molecule has 0 fully saturated rings. The van der Waals surface area contributed by atoms with Gasteiger partial charge in [0.15, 0.2) is 12.2 Å². The van der Waals surface area contributed by atoms with Gasteiger partial charge in [-0.05, 0) is 78.2 Å². The summed E-state index contributed by atoms with van der Waals surface area (Å²) in [5.74, 6) is -2.00. The Balaban J connectivity index is 0.982. The lowest BCUT2D eigenvalue weighted by Crippen LogP contribution is -2.50. The predicted octanol–water partition coefficient (Wildman–Crippen LogP) is 2.45. The summed E-state index contributed by atoms with van der Waals surface area (Å²) in [4.78, 5) is 26.7. The molecule has 2 amide bonds. The van der Waals surface area contributed by atoms with Crippen LogP contribution in [0.1, 0.15) is 33.7 Å². The number of ether oxygens (including phenoxy) is 4. The third-order valence-corrected chi connectivity index (χ3v) is 14.1. The Morgan fingerprint density at radius 1 is 0.738 bits per heavy atom. The molecule has 1 aliphatic heterocycles. The molecule has 0 radical (unpaired) electrons. The molecule has 1 heterocycles. The van der Waals surface area contributed by atoms with Crippen LogP contribution in [0.2, 0.25) is 20.1 Å². The number of amides is 2. The highest BCUT2D eigenvalue weighted by Crippen LogP contribution is 2.38. The summed E-state index contributed by atoms with van der Waals surface area (Å²) in [5.41, 5.74) is 4.37. The molecule has 3 atom stereocenters. The van der Waals surface area contributed by atoms with E-state index in [0.29, 0.717) is 32.2 Å². The van der Waals surface area contributed by atoms with Gasteiger partial charge in [-0.25, -0.2) is 13.1 Å². The summed E-state index contributed by atoms with van der Waals surface area (Å²) in [6.45, 7) is 3.93. The SMILES string of the molecule is Cc1cc(Cl)cc(Cl)c1CN(C)S(=O)(=O)NCCOCCOCCNC(=O)[C@@H](O)C(O)C(=O)NCCOCCOCCNS(=O)(=O)c1ccc([C@H]2CN(C)Cc3c(Cl)cc(Cl)cc32)cc1. The molecule has 65 heavy (non-hydrogen) atoms. The molecule has 0 aromatic heterocycles. The Labute approximate surface area is 400 Å². The fraction of sp³-hybridized carbons (Fsp3) is 0.512. The van der Waals surface area contributed by atoms with E-state index in [1.807, 2.05) is 13.1 Å². The molecule has 3 aromatic rings. The van der Waals surface area contributed by atoms with Crippen molar-refractivity contribution in [3.05, 3.63) is 96.4 Å². The van der Waals surface area contributed by atoms with Crippen LogP contribution in [0.5, 0.6) is 0 Å². The van der Waals surface area contributed by atoms with Gasteiger partial charge in [0, 0.05) is 78.9 Å². The predicted molar refractivity (Wildman–Crippen MR) is 247 cm³/mol. The van der Waals surface area contributed by atoms with Crippen molar-refractivity contribution in [3.8, 4) is 0 Å². The molecule has 0 aliphatic carbocycles. The van der Waals surface area contributed by atoms with E-state index >= 15 is 0 Å². The first kappa shape index (κ1) is 54.9. The van der Waals surface area contributed by atoms with Crippen LogP contribution in [0.25, 0.3) is 0 Å². The van der Waals surface area contributed by atoms with Crippen molar-refractivity contribution in [2.24, 2.45) is 0 Å². The second-order valence-corrected chi connectivity index (χ2v) is 20.2. The lowest BCUT2D eigenvalue weighted by molar-refractivity contribution is -0.146. The number of rotatable bonds is 28. The van der Waals surface area contributed by atoms with Gasteiger partial charge in [-0.15, -0.1) is 0 Å². The summed E-state index contributed by atoms with van der Waals surface area (Å²) in [5, 5.41) is 26.9. The molecule has 24 heteroatoms. The molecule has 1 aliphatic rings. The minimum Gasteiger partial charge on any atom is -0.380 e. The van der Waals surface area contributed by atoms with Crippen LogP contribution in [-0.4, -0.2) is 160 Å². The fourth-order valence-corrected chi connectivity index (χ4v) is 9.66. The van der Waals surface area contributed by atoms with Crippen molar-refractivity contribution in [2.45, 2.75) is 43.0 Å². The molecule has 4 rings (SSSR count). The Morgan fingerprint density at radius 2 is 1.23 bits per heavy atom. The third kappa shape index (κ3) is 17.4. The number of hydrogen-bond acceptors (Lipinski definition) is 13. The Kier molecular flexibility index (Phi) is 22.5. The Bertz CT molecular complexity index is 2240. The maximum Gasteiger partial charge on any atom is 0.279 e. The van der Waals surface area contributed by atoms with Gasteiger partial charge in [0.2, 0.25) is 10.0 Å². The molecular weight excluding hydrogens is 974 g/mol. The first-order chi connectivity index (χ1) is 30.8. The van der Waals surface area contributed by atoms with Crippen LogP contribution < -0.4 is 20.1 Å². The van der Waals surface area contributed by atoms with Crippen molar-refractivity contribution < 1.29 is 55.6 Å². The van der Waals surface area contributed by atoms with Gasteiger partial charge in [-0.3, -0.25) is 9.59 Å². The van der Waals surface area contributed by atoms with Crippen molar-refractivity contribution >= 4 is 78.5 Å². The van der Waals surface area contributed by atoms with E-state index in [1.165, 1.54) is 7.05 Å². The van der Waals surface area contributed by atoms with Gasteiger partial charge in [-0.2, -0.15) is 17.4 Å². The molecule has 0 bridgehead atoms. The highest BCUT2D eigenvalue weighted by atomic mass is 35.5. The first-order valence-electron chi connectivity index (χ1n) is 20.4. The maximum atomic E-state index is 12.9. The van der Waals surface area contributed by atoms with Crippen LogP contribution in [-0.2, 0) is 61.9 Å². The van der Waals surface area contributed by atoms with Gasteiger partial charge in [-0.1, -0.05) is 58.5 Å². The van der Waals surface area contributed by atoms with Crippen LogP contribution in [0.15, 0.2) is 53.4 Å². The third-order valence-electron chi connectivity index (χ3n) is 10.0. The van der Waals surface area contributed by atoms with Crippen LogP contribution in [0.4, 0.5) is 0 Å². The molecule has 3 aromatic carbocycles. The van der Waals surface area contributed by atoms with E-state index in [4.69, 9.17) is 65.4 Å². The summed E-state index contributed by atoms with van der Waals surface area (Å²) < 4.78 is 78.6. The zero-order valence-corrected chi connectivity index (χ0v) is 40.8. The van der Waals surface area contributed by atoms with Gasteiger partial charge in [0.1, 0.15) is 0 Å². The van der Waals surface area contributed by atoms with Crippen molar-refractivity contribution in [1.29, 1.82) is 0 Å². The van der Waals surface area contributed by atoms with Crippen molar-refractivity contribution in [2.75, 3.05) is 99.7 Å². The highest BCUT2D eigenvalue weighted by molar-refractivity contribution is 7.89. The number of nitrogens with zero attached hydrogens (tertiary/aromatic N) is 2. The molecule has 362 valence electrons. The minimum absolute atomic E-state index is 0.00449. The van der Waals surface area contributed by atoms with Gasteiger partial charge in [0.25, 0.3) is 22.0 Å². The number of hydrogen-bond donors (Lipinski definition) is 6. The molecule has 0 saturated carbocycles. The number of fused-ring (bicyclic) bond motifs is 1. The first-order valence-corrected chi connectivity index (χ1v) is 24.9. The van der Waals surface area contributed by atoms with Crippen LogP contribution in [0.3, 0.4) is 0 Å². The van der Waals surface area contributed by atoms with Crippen molar-refractivity contribution in [3.63, 3.8) is 0 Å². The lowest BCUT2D eigenvalue weighted by Gasteiger charge is -2.33. The Hall–Kier alpha value is -2.74. The molecule has 0 saturated heterocycles. The topological polar surface area (TPSA) is 234 Å². The molecular formula is C41H56Cl4N6O12S2. The number of carbonyl (C=O) groups excluding carboxylic acids is 2. The molecule has 18 nitrogen and oxygen atoms in total. The standard InChI is InChI=1S/C41H56Cl4N6O12S2/c1-27-20-29(42)22-36(44)33(27)26-51(3)65(58,59)49-11-15-63-19-17-61-13-9-47-41(55)39(53)38(52)40(54)46-8-12-60-16-18-62-14-10-48-64(56,57)31-6-4-28(5-7-31)34-24-50(2)25-35-32(34)21-30(43)23-37(35)45/h4-7,20-23,34,38-39,48-49,52-53H,8-19,24-26H2,1-3H3,(H,46,54)(H,47,55)/t34-,38?,39+/m1/s1. The summed E-state index contributed by atoms with van der Waals surface area (Å²) >= 11 is 25.0. The van der Waals surface area contributed by atoms with Crippen LogP contribution in [0, 0.1) is 6.92 Å². The average Bonchev–Trinajstić information content (AvgIpc) is 3.25. The van der Waals surface area contributed by atoms with E-state index in [-0.39, 0.29) is 96.4 Å². The summed E-state index contributed by atoms with van der Waals surface area (Å²) in [6.07, 6.45) is -4.08. The number of benzene rings is 3. The zero-order chi connectivity index (χ0) is 47.7. The van der Waals surface area contributed by atoms with E-state index in [0.717, 1.165) is 33.1 Å². The van der Waals surface area contributed by atoms with Crippen LogP contribution >= 0.6 is 46.4 Å². The van der Waals surface area contributed by atoms with E-state index in [1.54, 1.807) is 49.4 Å². The normalized spacial score (nSPS) is 15.4. The number of aliphatic hydroxyl groups excluding tert-OH is 2. The largest absolute Gasteiger partial charge is 0.380 e.